The molecule has 0 amide bonds. The van der Waals surface area contributed by atoms with Crippen LogP contribution in [0.15, 0.2) is 56.0 Å². The highest BCUT2D eigenvalue weighted by molar-refractivity contribution is 9.10. The SMILES string of the molecule is Cc1ccc(S(=O)(=O)ON=C(N)NN=Cc2c([N+](=O)[O-])ccc(Br)c2[N+](=O)[O-])cc1. The van der Waals surface area contributed by atoms with Crippen LogP contribution >= 0.6 is 15.9 Å². The number of benzene rings is 2. The highest BCUT2D eigenvalue weighted by Crippen LogP contribution is 2.33. The third-order valence-corrected chi connectivity index (χ3v) is 5.20. The summed E-state index contributed by atoms with van der Waals surface area (Å²) in [5.41, 5.74) is 6.73. The number of aryl methyl sites for hydroxylation is 1. The fourth-order valence-electron chi connectivity index (χ4n) is 2.06. The zero-order valence-corrected chi connectivity index (χ0v) is 17.5. The molecule has 30 heavy (non-hydrogen) atoms. The first-order valence-corrected chi connectivity index (χ1v) is 9.97. The minimum atomic E-state index is -4.24. The van der Waals surface area contributed by atoms with E-state index in [-0.39, 0.29) is 9.37 Å². The van der Waals surface area contributed by atoms with E-state index in [2.05, 4.69) is 35.9 Å². The van der Waals surface area contributed by atoms with Crippen molar-refractivity contribution in [1.82, 2.24) is 5.43 Å². The molecule has 0 unspecified atom stereocenters. The molecule has 0 atom stereocenters. The largest absolute Gasteiger partial charge is 0.366 e. The lowest BCUT2D eigenvalue weighted by molar-refractivity contribution is -0.394. The minimum absolute atomic E-state index is 0.00582. The molecule has 13 nitrogen and oxygen atoms in total. The van der Waals surface area contributed by atoms with Crippen LogP contribution in [0.1, 0.15) is 11.1 Å². The van der Waals surface area contributed by atoms with Crippen molar-refractivity contribution in [2.45, 2.75) is 11.8 Å². The van der Waals surface area contributed by atoms with Crippen molar-refractivity contribution >= 4 is 49.6 Å². The Labute approximate surface area is 177 Å². The maximum Gasteiger partial charge on any atom is 0.358 e. The highest BCUT2D eigenvalue weighted by Gasteiger charge is 2.27. The predicted octanol–water partition coefficient (Wildman–Crippen LogP) is 2.13. The van der Waals surface area contributed by atoms with Crippen LogP contribution in [0, 0.1) is 27.2 Å². The van der Waals surface area contributed by atoms with Gasteiger partial charge in [-0.15, -0.1) is 0 Å². The van der Waals surface area contributed by atoms with E-state index in [4.69, 9.17) is 5.73 Å². The molecule has 0 saturated carbocycles. The van der Waals surface area contributed by atoms with Gasteiger partial charge in [0.05, 0.1) is 20.5 Å². The van der Waals surface area contributed by atoms with Crippen molar-refractivity contribution < 1.29 is 22.5 Å². The molecule has 0 heterocycles. The number of hydrogen-bond donors (Lipinski definition) is 2. The van der Waals surface area contributed by atoms with Crippen molar-refractivity contribution in [3.8, 4) is 0 Å². The number of hydrazone groups is 1. The summed E-state index contributed by atoms with van der Waals surface area (Å²) in [4.78, 5) is 20.5. The number of guanidine groups is 1. The zero-order chi connectivity index (χ0) is 22.5. The van der Waals surface area contributed by atoms with Crippen molar-refractivity contribution in [3.63, 3.8) is 0 Å². The molecule has 0 saturated heterocycles. The lowest BCUT2D eigenvalue weighted by Crippen LogP contribution is -2.28. The number of oxime groups is 1. The van der Waals surface area contributed by atoms with E-state index < -0.39 is 42.9 Å². The molecule has 2 aromatic carbocycles. The van der Waals surface area contributed by atoms with Crippen LogP contribution in [-0.4, -0.2) is 30.4 Å². The normalized spacial score (nSPS) is 12.0. The molecule has 0 radical (unpaired) electrons. The van der Waals surface area contributed by atoms with Gasteiger partial charge in [-0.05, 0) is 46.2 Å². The Hall–Kier alpha value is -3.59. The highest BCUT2D eigenvalue weighted by atomic mass is 79.9. The molecule has 0 aromatic heterocycles. The number of rotatable bonds is 7. The molecule has 0 bridgehead atoms. The summed E-state index contributed by atoms with van der Waals surface area (Å²) in [5.74, 6) is -0.623. The molecule has 0 spiro atoms. The molecule has 2 aromatic rings. The number of halogens is 1. The third kappa shape index (κ3) is 5.48. The summed E-state index contributed by atoms with van der Waals surface area (Å²) in [7, 11) is -4.24. The van der Waals surface area contributed by atoms with Gasteiger partial charge in [0, 0.05) is 6.07 Å². The maximum atomic E-state index is 12.0. The van der Waals surface area contributed by atoms with Crippen LogP contribution in [0.3, 0.4) is 0 Å². The number of hydrogen-bond acceptors (Lipinski definition) is 9. The van der Waals surface area contributed by atoms with Gasteiger partial charge >= 0.3 is 10.1 Å². The number of nitrogens with one attached hydrogen (secondary N) is 1. The number of nitrogens with zero attached hydrogens (tertiary/aromatic N) is 4. The van der Waals surface area contributed by atoms with E-state index >= 15 is 0 Å². The first-order valence-electron chi connectivity index (χ1n) is 7.77. The van der Waals surface area contributed by atoms with Gasteiger partial charge in [-0.1, -0.05) is 17.7 Å². The smallest absolute Gasteiger partial charge is 0.358 e. The average molecular weight is 501 g/mol. The lowest BCUT2D eigenvalue weighted by atomic mass is 10.1. The topological polar surface area (TPSA) is 192 Å². The van der Waals surface area contributed by atoms with Crippen LogP contribution in [0.5, 0.6) is 0 Å². The van der Waals surface area contributed by atoms with Crippen molar-refractivity contribution in [2.24, 2.45) is 16.0 Å². The van der Waals surface area contributed by atoms with Gasteiger partial charge in [0.1, 0.15) is 4.90 Å². The summed E-state index contributed by atoms with van der Waals surface area (Å²) >= 11 is 2.94. The van der Waals surface area contributed by atoms with Crippen molar-refractivity contribution in [3.05, 3.63) is 72.2 Å². The van der Waals surface area contributed by atoms with Gasteiger partial charge in [-0.25, -0.2) is 5.43 Å². The molecule has 0 fully saturated rings. The Kier molecular flexibility index (Phi) is 7.01. The van der Waals surface area contributed by atoms with Gasteiger partial charge < -0.3 is 5.73 Å². The van der Waals surface area contributed by atoms with E-state index in [0.29, 0.717) is 0 Å². The van der Waals surface area contributed by atoms with Crippen molar-refractivity contribution in [2.75, 3.05) is 0 Å². The van der Waals surface area contributed by atoms with Gasteiger partial charge in [0.2, 0.25) is 0 Å². The Morgan fingerprint density at radius 1 is 1.17 bits per heavy atom. The van der Waals surface area contributed by atoms with Crippen LogP contribution < -0.4 is 11.2 Å². The first kappa shape index (κ1) is 22.7. The zero-order valence-electron chi connectivity index (χ0n) is 15.1. The van der Waals surface area contributed by atoms with Crippen molar-refractivity contribution in [1.29, 1.82) is 0 Å². The first-order chi connectivity index (χ1) is 14.0. The Balaban J connectivity index is 2.21. The molecule has 2 rings (SSSR count). The second kappa shape index (κ2) is 9.27. The van der Waals surface area contributed by atoms with Crippen LogP contribution in [0.4, 0.5) is 11.4 Å². The molecular formula is C15H13BrN6O7S. The molecule has 15 heteroatoms. The van der Waals surface area contributed by atoms with Gasteiger partial charge in [0.25, 0.3) is 17.3 Å². The Morgan fingerprint density at radius 3 is 2.37 bits per heavy atom. The fraction of sp³-hybridized carbons (Fsp3) is 0.0667. The second-order valence-electron chi connectivity index (χ2n) is 5.53. The summed E-state index contributed by atoms with van der Waals surface area (Å²) < 4.78 is 28.5. The summed E-state index contributed by atoms with van der Waals surface area (Å²) in [6.45, 7) is 1.77. The Morgan fingerprint density at radius 2 is 1.80 bits per heavy atom. The summed E-state index contributed by atoms with van der Waals surface area (Å²) in [6.07, 6.45) is 0.776. The standard InChI is InChI=1S/C15H13BrN6O7S/c1-9-2-4-10(5-3-9)30(27,28)29-20-15(17)19-18-8-11-13(21(23)24)7-6-12(16)14(11)22(25)26/h2-8H,1H3,(H3,17,19,20). The molecule has 0 aliphatic rings. The second-order valence-corrected chi connectivity index (χ2v) is 7.91. The summed E-state index contributed by atoms with van der Waals surface area (Å²) in [6, 6.07) is 7.95. The monoisotopic (exact) mass is 500 g/mol. The predicted molar refractivity (Wildman–Crippen MR) is 109 cm³/mol. The average Bonchev–Trinajstić information content (AvgIpc) is 2.66. The van der Waals surface area contributed by atoms with E-state index in [1.54, 1.807) is 19.1 Å². The van der Waals surface area contributed by atoms with Gasteiger partial charge in [-0.3, -0.25) is 24.5 Å². The molecular weight excluding hydrogens is 488 g/mol. The number of nitro benzene ring substituents is 2. The quantitative estimate of drug-likeness (QED) is 0.247. The molecule has 3 N–H and O–H groups in total. The van der Waals surface area contributed by atoms with E-state index in [1.807, 2.05) is 0 Å². The lowest BCUT2D eigenvalue weighted by Gasteiger charge is -2.03. The number of nitrogens with two attached hydrogens (primary N) is 1. The van der Waals surface area contributed by atoms with Gasteiger partial charge in [-0.2, -0.15) is 13.5 Å². The van der Waals surface area contributed by atoms with Crippen LogP contribution in [0.2, 0.25) is 0 Å². The number of nitro groups is 2. The van der Waals surface area contributed by atoms with Gasteiger partial charge in [0.15, 0.2) is 5.56 Å². The summed E-state index contributed by atoms with van der Waals surface area (Å²) in [5, 5.41) is 29.0. The van der Waals surface area contributed by atoms with Crippen LogP contribution in [-0.2, 0) is 14.4 Å². The maximum absolute atomic E-state index is 12.0. The van der Waals surface area contributed by atoms with E-state index in [9.17, 15) is 28.6 Å². The minimum Gasteiger partial charge on any atom is -0.366 e. The van der Waals surface area contributed by atoms with E-state index in [0.717, 1.165) is 23.9 Å². The Bertz CT molecular complexity index is 1150. The fourth-order valence-corrected chi connectivity index (χ4v) is 3.29. The molecule has 0 aliphatic heterocycles. The third-order valence-electron chi connectivity index (χ3n) is 3.44. The molecule has 0 aliphatic carbocycles. The van der Waals surface area contributed by atoms with Crippen LogP contribution in [0.25, 0.3) is 0 Å². The molecule has 158 valence electrons. The van der Waals surface area contributed by atoms with E-state index in [1.165, 1.54) is 12.1 Å².